The van der Waals surface area contributed by atoms with Gasteiger partial charge in [-0.25, -0.2) is 8.42 Å². The molecule has 2 aromatic rings. The van der Waals surface area contributed by atoms with E-state index < -0.39 is 10.0 Å². The van der Waals surface area contributed by atoms with Gasteiger partial charge in [-0.2, -0.15) is 4.31 Å². The van der Waals surface area contributed by atoms with Crippen molar-refractivity contribution in [1.82, 2.24) is 14.5 Å². The average Bonchev–Trinajstić information content (AvgIpc) is 3.29. The third-order valence-electron chi connectivity index (χ3n) is 5.29. The molecule has 1 aromatic heterocycles. The van der Waals surface area contributed by atoms with E-state index in [1.54, 1.807) is 6.07 Å². The van der Waals surface area contributed by atoms with E-state index in [0.29, 0.717) is 36.0 Å². The van der Waals surface area contributed by atoms with Gasteiger partial charge in [0, 0.05) is 19.0 Å². The number of benzene rings is 1. The number of fused-ring (bicyclic) bond motifs is 1. The van der Waals surface area contributed by atoms with E-state index in [1.165, 1.54) is 21.2 Å². The molecule has 7 nitrogen and oxygen atoms in total. The van der Waals surface area contributed by atoms with Crippen LogP contribution >= 0.6 is 11.3 Å². The SMILES string of the molecule is Cc1nnc(NC(=O)C2CCN(S(=O)(=O)c3ccc4c(c3)CCC4)CC2)s1. The van der Waals surface area contributed by atoms with E-state index >= 15 is 0 Å². The largest absolute Gasteiger partial charge is 0.300 e. The number of amides is 1. The highest BCUT2D eigenvalue weighted by molar-refractivity contribution is 7.89. The van der Waals surface area contributed by atoms with Crippen LogP contribution < -0.4 is 5.32 Å². The topological polar surface area (TPSA) is 92.3 Å². The molecule has 1 fully saturated rings. The highest BCUT2D eigenvalue weighted by Gasteiger charge is 2.32. The molecule has 2 aliphatic rings. The lowest BCUT2D eigenvalue weighted by atomic mass is 9.97. The Hall–Kier alpha value is -1.84. The summed E-state index contributed by atoms with van der Waals surface area (Å²) in [6, 6.07) is 5.49. The van der Waals surface area contributed by atoms with Gasteiger partial charge in [-0.15, -0.1) is 10.2 Å². The number of piperidine rings is 1. The minimum atomic E-state index is -3.51. The molecule has 1 N–H and O–H groups in total. The lowest BCUT2D eigenvalue weighted by Gasteiger charge is -2.30. The Morgan fingerprint density at radius 3 is 2.63 bits per heavy atom. The van der Waals surface area contributed by atoms with Crippen LogP contribution in [-0.2, 0) is 27.7 Å². The summed E-state index contributed by atoms with van der Waals surface area (Å²) in [7, 11) is -3.51. The predicted molar refractivity (Wildman–Crippen MR) is 103 cm³/mol. The van der Waals surface area contributed by atoms with Gasteiger partial charge in [-0.1, -0.05) is 17.4 Å². The van der Waals surface area contributed by atoms with E-state index in [1.807, 2.05) is 19.1 Å². The van der Waals surface area contributed by atoms with E-state index in [-0.39, 0.29) is 11.8 Å². The molecule has 1 saturated heterocycles. The summed E-state index contributed by atoms with van der Waals surface area (Å²) in [6.07, 6.45) is 4.09. The van der Waals surface area contributed by atoms with Crippen LogP contribution in [0.15, 0.2) is 23.1 Å². The fourth-order valence-corrected chi connectivity index (χ4v) is 5.89. The van der Waals surface area contributed by atoms with Crippen LogP contribution in [0.1, 0.15) is 35.4 Å². The number of rotatable bonds is 4. The maximum atomic E-state index is 13.0. The Morgan fingerprint density at radius 2 is 1.93 bits per heavy atom. The van der Waals surface area contributed by atoms with Gasteiger partial charge in [-0.05, 0) is 62.3 Å². The molecular weight excluding hydrogens is 384 g/mol. The fourth-order valence-electron chi connectivity index (χ4n) is 3.77. The first-order valence-electron chi connectivity index (χ1n) is 9.16. The van der Waals surface area contributed by atoms with Crippen LogP contribution in [0.2, 0.25) is 0 Å². The van der Waals surface area contributed by atoms with Gasteiger partial charge in [0.1, 0.15) is 5.01 Å². The maximum Gasteiger partial charge on any atom is 0.243 e. The van der Waals surface area contributed by atoms with Crippen molar-refractivity contribution in [2.24, 2.45) is 5.92 Å². The Balaban J connectivity index is 1.40. The van der Waals surface area contributed by atoms with Crippen LogP contribution in [0.25, 0.3) is 0 Å². The minimum absolute atomic E-state index is 0.110. The number of aryl methyl sites for hydroxylation is 3. The predicted octanol–water partition coefficient (Wildman–Crippen LogP) is 2.37. The first-order valence-corrected chi connectivity index (χ1v) is 11.4. The van der Waals surface area contributed by atoms with Crippen LogP contribution in [0.5, 0.6) is 0 Å². The highest BCUT2D eigenvalue weighted by atomic mass is 32.2. The van der Waals surface area contributed by atoms with Crippen molar-refractivity contribution in [1.29, 1.82) is 0 Å². The summed E-state index contributed by atoms with van der Waals surface area (Å²) in [5, 5.41) is 11.9. The molecule has 1 aliphatic heterocycles. The van der Waals surface area contributed by atoms with Crippen molar-refractivity contribution in [3.63, 3.8) is 0 Å². The zero-order valence-electron chi connectivity index (χ0n) is 15.1. The highest BCUT2D eigenvalue weighted by Crippen LogP contribution is 2.29. The lowest BCUT2D eigenvalue weighted by Crippen LogP contribution is -2.41. The average molecular weight is 407 g/mol. The zero-order chi connectivity index (χ0) is 19.0. The number of nitrogens with zero attached hydrogens (tertiary/aromatic N) is 3. The number of sulfonamides is 1. The number of nitrogens with one attached hydrogen (secondary N) is 1. The molecule has 1 amide bonds. The summed E-state index contributed by atoms with van der Waals surface area (Å²) in [5.41, 5.74) is 2.41. The van der Waals surface area contributed by atoms with Gasteiger partial charge in [0.25, 0.3) is 0 Å². The molecule has 27 heavy (non-hydrogen) atoms. The van der Waals surface area contributed by atoms with Gasteiger partial charge < -0.3 is 5.32 Å². The molecule has 144 valence electrons. The van der Waals surface area contributed by atoms with Crippen molar-refractivity contribution in [3.05, 3.63) is 34.3 Å². The second-order valence-electron chi connectivity index (χ2n) is 7.08. The Labute approximate surface area is 162 Å². The summed E-state index contributed by atoms with van der Waals surface area (Å²) in [4.78, 5) is 12.8. The molecule has 0 unspecified atom stereocenters. The molecule has 1 aromatic carbocycles. The summed E-state index contributed by atoms with van der Waals surface area (Å²) >= 11 is 1.33. The standard InChI is InChI=1S/C18H22N4O3S2/c1-12-20-21-18(26-12)19-17(23)14-7-9-22(10-8-14)27(24,25)16-6-5-13-3-2-4-15(13)11-16/h5-6,11,14H,2-4,7-10H2,1H3,(H,19,21,23). The second-order valence-corrected chi connectivity index (χ2v) is 10.2. The van der Waals surface area contributed by atoms with Crippen molar-refractivity contribution >= 4 is 32.4 Å². The summed E-state index contributed by atoms with van der Waals surface area (Å²) in [5.74, 6) is -0.318. The lowest BCUT2D eigenvalue weighted by molar-refractivity contribution is -0.120. The molecular formula is C18H22N4O3S2. The first-order chi connectivity index (χ1) is 12.9. The molecule has 1 aliphatic carbocycles. The van der Waals surface area contributed by atoms with E-state index in [4.69, 9.17) is 0 Å². The smallest absolute Gasteiger partial charge is 0.243 e. The molecule has 0 bridgehead atoms. The van der Waals surface area contributed by atoms with Gasteiger partial charge in [0.2, 0.25) is 21.1 Å². The number of aromatic nitrogens is 2. The van der Waals surface area contributed by atoms with Gasteiger partial charge in [0.05, 0.1) is 4.90 Å². The van der Waals surface area contributed by atoms with Crippen molar-refractivity contribution < 1.29 is 13.2 Å². The first kappa shape index (κ1) is 18.5. The van der Waals surface area contributed by atoms with Crippen LogP contribution in [0.4, 0.5) is 5.13 Å². The van der Waals surface area contributed by atoms with Gasteiger partial charge in [-0.3, -0.25) is 4.79 Å². The van der Waals surface area contributed by atoms with Crippen LogP contribution in [0, 0.1) is 12.8 Å². The third-order valence-corrected chi connectivity index (χ3v) is 7.94. The summed E-state index contributed by atoms with van der Waals surface area (Å²) < 4.78 is 27.4. The number of hydrogen-bond acceptors (Lipinski definition) is 6. The fraction of sp³-hybridized carbons (Fsp3) is 0.500. The van der Waals surface area contributed by atoms with Crippen molar-refractivity contribution in [2.45, 2.75) is 43.9 Å². The summed E-state index contributed by atoms with van der Waals surface area (Å²) in [6.45, 7) is 2.54. The zero-order valence-corrected chi connectivity index (χ0v) is 16.8. The molecule has 4 rings (SSSR count). The molecule has 0 atom stereocenters. The maximum absolute atomic E-state index is 13.0. The number of hydrogen-bond donors (Lipinski definition) is 1. The molecule has 9 heteroatoms. The van der Waals surface area contributed by atoms with Crippen molar-refractivity contribution in [3.8, 4) is 0 Å². The molecule has 2 heterocycles. The van der Waals surface area contributed by atoms with Gasteiger partial charge in [0.15, 0.2) is 0 Å². The van der Waals surface area contributed by atoms with E-state index in [2.05, 4.69) is 15.5 Å². The van der Waals surface area contributed by atoms with Crippen LogP contribution in [-0.4, -0.2) is 41.9 Å². The quantitative estimate of drug-likeness (QED) is 0.842. The third kappa shape index (κ3) is 3.76. The second kappa shape index (κ2) is 7.29. The molecule has 0 spiro atoms. The van der Waals surface area contributed by atoms with E-state index in [9.17, 15) is 13.2 Å². The number of anilines is 1. The molecule has 0 saturated carbocycles. The van der Waals surface area contributed by atoms with Gasteiger partial charge >= 0.3 is 0 Å². The minimum Gasteiger partial charge on any atom is -0.300 e. The monoisotopic (exact) mass is 406 g/mol. The Morgan fingerprint density at radius 1 is 1.19 bits per heavy atom. The number of carbonyl (C=O) groups excluding carboxylic acids is 1. The van der Waals surface area contributed by atoms with Crippen LogP contribution in [0.3, 0.4) is 0 Å². The molecule has 0 radical (unpaired) electrons. The Bertz CT molecular complexity index is 963. The van der Waals surface area contributed by atoms with E-state index in [0.717, 1.165) is 29.8 Å². The Kier molecular flexibility index (Phi) is 5.00. The normalized spacial score (nSPS) is 18.4. The van der Waals surface area contributed by atoms with Crippen molar-refractivity contribution in [2.75, 3.05) is 18.4 Å². The number of carbonyl (C=O) groups is 1.